The Balaban J connectivity index is 2.35. The van der Waals surface area contributed by atoms with Gasteiger partial charge in [-0.1, -0.05) is 24.3 Å². The Morgan fingerprint density at radius 1 is 0.704 bits per heavy atom. The molecule has 1 N–H and O–H groups in total. The number of carbonyl (C=O) groups is 2. The molecule has 0 saturated heterocycles. The number of phenolic OH excluding ortho intramolecular Hbond substituents is 1. The molecular weight excluding hydrogens is 385 g/mol. The minimum atomic E-state index is -6.62. The molecule has 142 valence electrons. The van der Waals surface area contributed by atoms with E-state index in [0.29, 0.717) is 6.07 Å². The van der Waals surface area contributed by atoms with Crippen LogP contribution in [0.25, 0.3) is 0 Å². The molecule has 0 unspecified atom stereocenters. The molecular formula is C17H7F7O3. The Morgan fingerprint density at radius 2 is 1.19 bits per heavy atom. The molecule has 0 bridgehead atoms. The number of hydrogen-bond donors (Lipinski definition) is 1. The first-order valence-electron chi connectivity index (χ1n) is 7.19. The molecule has 0 heterocycles. The van der Waals surface area contributed by atoms with Gasteiger partial charge in [-0.25, -0.2) is 0 Å². The Morgan fingerprint density at radius 3 is 1.67 bits per heavy atom. The van der Waals surface area contributed by atoms with Crippen molar-refractivity contribution in [1.82, 2.24) is 0 Å². The topological polar surface area (TPSA) is 54.4 Å². The quantitative estimate of drug-likeness (QED) is 0.656. The number of hydrogen-bond acceptors (Lipinski definition) is 3. The molecule has 27 heavy (non-hydrogen) atoms. The van der Waals surface area contributed by atoms with Crippen molar-refractivity contribution in [3.05, 3.63) is 64.2 Å². The summed E-state index contributed by atoms with van der Waals surface area (Å²) in [6, 6.07) is 5.18. The molecule has 0 atom stereocenters. The molecule has 1 aliphatic carbocycles. The van der Waals surface area contributed by atoms with Crippen LogP contribution in [0.2, 0.25) is 0 Å². The molecule has 1 aliphatic rings. The summed E-state index contributed by atoms with van der Waals surface area (Å²) in [5, 5.41) is 9.80. The smallest absolute Gasteiger partial charge is 0.460 e. The highest BCUT2D eigenvalue weighted by Crippen LogP contribution is 2.53. The molecule has 0 saturated carbocycles. The summed E-state index contributed by atoms with van der Waals surface area (Å²) >= 11 is 0. The number of halogens is 7. The lowest BCUT2D eigenvalue weighted by Crippen LogP contribution is -2.50. The predicted molar refractivity (Wildman–Crippen MR) is 76.3 cm³/mol. The molecule has 3 rings (SSSR count). The van der Waals surface area contributed by atoms with E-state index < -0.39 is 57.6 Å². The number of fused-ring (bicyclic) bond motifs is 2. The second kappa shape index (κ2) is 5.54. The zero-order valence-electron chi connectivity index (χ0n) is 12.9. The van der Waals surface area contributed by atoms with Gasteiger partial charge in [0, 0.05) is 22.3 Å². The van der Waals surface area contributed by atoms with Crippen LogP contribution in [-0.4, -0.2) is 28.8 Å². The second-order valence-corrected chi connectivity index (χ2v) is 5.73. The summed E-state index contributed by atoms with van der Waals surface area (Å²) < 4.78 is 92.8. The van der Waals surface area contributed by atoms with E-state index in [0.717, 1.165) is 12.1 Å². The molecule has 0 fully saturated rings. The normalized spacial score (nSPS) is 14.8. The van der Waals surface area contributed by atoms with Crippen LogP contribution in [0.1, 0.15) is 37.4 Å². The van der Waals surface area contributed by atoms with E-state index >= 15 is 0 Å². The van der Waals surface area contributed by atoms with Gasteiger partial charge in [0.15, 0.2) is 11.6 Å². The monoisotopic (exact) mass is 392 g/mol. The fourth-order valence-electron chi connectivity index (χ4n) is 2.81. The van der Waals surface area contributed by atoms with Crippen LogP contribution in [0.4, 0.5) is 30.7 Å². The van der Waals surface area contributed by atoms with E-state index in [-0.39, 0.29) is 11.6 Å². The summed E-state index contributed by atoms with van der Waals surface area (Å²) in [7, 11) is 0. The van der Waals surface area contributed by atoms with E-state index in [2.05, 4.69) is 0 Å². The van der Waals surface area contributed by atoms with Gasteiger partial charge < -0.3 is 5.11 Å². The van der Waals surface area contributed by atoms with E-state index in [9.17, 15) is 45.4 Å². The van der Waals surface area contributed by atoms with Crippen molar-refractivity contribution in [3.63, 3.8) is 0 Å². The number of aromatic hydroxyl groups is 1. The van der Waals surface area contributed by atoms with Gasteiger partial charge in [0.1, 0.15) is 5.75 Å². The van der Waals surface area contributed by atoms with Crippen LogP contribution in [0, 0.1) is 0 Å². The first kappa shape index (κ1) is 18.9. The zero-order valence-corrected chi connectivity index (χ0v) is 12.9. The Hall–Kier alpha value is -2.91. The van der Waals surface area contributed by atoms with E-state index in [1.807, 2.05) is 0 Å². The number of ketones is 2. The van der Waals surface area contributed by atoms with Crippen molar-refractivity contribution in [2.75, 3.05) is 0 Å². The lowest BCUT2D eigenvalue weighted by molar-refractivity contribution is -0.359. The van der Waals surface area contributed by atoms with Crippen molar-refractivity contribution in [2.45, 2.75) is 18.0 Å². The summed E-state index contributed by atoms with van der Waals surface area (Å²) in [5.41, 5.74) is -5.17. The highest BCUT2D eigenvalue weighted by molar-refractivity contribution is 6.29. The van der Waals surface area contributed by atoms with E-state index in [4.69, 9.17) is 0 Å². The summed E-state index contributed by atoms with van der Waals surface area (Å²) in [4.78, 5) is 25.0. The van der Waals surface area contributed by atoms with Gasteiger partial charge in [-0.3, -0.25) is 9.59 Å². The van der Waals surface area contributed by atoms with Crippen LogP contribution < -0.4 is 0 Å². The van der Waals surface area contributed by atoms with Crippen molar-refractivity contribution >= 4 is 11.6 Å². The third-order valence-electron chi connectivity index (χ3n) is 4.14. The molecule has 0 amide bonds. The minimum Gasteiger partial charge on any atom is -0.507 e. The van der Waals surface area contributed by atoms with Crippen LogP contribution >= 0.6 is 0 Å². The highest BCUT2D eigenvalue weighted by Gasteiger charge is 2.74. The predicted octanol–water partition coefficient (Wildman–Crippen LogP) is 4.46. The molecule has 10 heteroatoms. The Labute approximate surface area is 146 Å². The maximum Gasteiger partial charge on any atom is 0.460 e. The second-order valence-electron chi connectivity index (χ2n) is 5.73. The third-order valence-corrected chi connectivity index (χ3v) is 4.14. The first-order chi connectivity index (χ1) is 12.3. The number of alkyl halides is 7. The molecule has 2 aromatic rings. The van der Waals surface area contributed by atoms with Gasteiger partial charge in [-0.05, 0) is 12.1 Å². The van der Waals surface area contributed by atoms with E-state index in [1.54, 1.807) is 0 Å². The maximum atomic E-state index is 14.2. The van der Waals surface area contributed by atoms with Gasteiger partial charge in [-0.15, -0.1) is 0 Å². The SMILES string of the molecule is O=C1c2ccccc2C(=O)c2c(C(F)(F)C(F)(F)C(F)(F)F)ccc(O)c21. The van der Waals surface area contributed by atoms with Gasteiger partial charge >= 0.3 is 18.0 Å². The molecule has 0 aromatic heterocycles. The van der Waals surface area contributed by atoms with Crippen molar-refractivity contribution < 1.29 is 45.4 Å². The fourth-order valence-corrected chi connectivity index (χ4v) is 2.81. The number of phenols is 1. The molecule has 2 aromatic carbocycles. The van der Waals surface area contributed by atoms with Crippen molar-refractivity contribution in [3.8, 4) is 5.75 Å². The number of rotatable bonds is 2. The largest absolute Gasteiger partial charge is 0.507 e. The van der Waals surface area contributed by atoms with Crippen molar-refractivity contribution in [1.29, 1.82) is 0 Å². The minimum absolute atomic E-state index is 0.0763. The third kappa shape index (κ3) is 2.42. The Bertz CT molecular complexity index is 977. The molecule has 0 aliphatic heterocycles. The summed E-state index contributed by atoms with van der Waals surface area (Å²) in [5.74, 6) is -15.9. The molecule has 0 spiro atoms. The lowest BCUT2D eigenvalue weighted by Gasteiger charge is -2.31. The maximum absolute atomic E-state index is 14.2. The van der Waals surface area contributed by atoms with Crippen molar-refractivity contribution in [2.24, 2.45) is 0 Å². The average molecular weight is 392 g/mol. The van der Waals surface area contributed by atoms with Gasteiger partial charge in [0.25, 0.3) is 0 Å². The standard InChI is InChI=1S/C17H7F7O3/c18-15(19,16(20,21)17(22,23)24)9-5-6-10(25)12-11(9)13(26)7-3-1-2-4-8(7)14(12)27/h1-6,25H. The average Bonchev–Trinajstić information content (AvgIpc) is 2.58. The Kier molecular flexibility index (Phi) is 3.87. The number of carbonyl (C=O) groups excluding carboxylic acids is 2. The van der Waals surface area contributed by atoms with Crippen LogP contribution in [-0.2, 0) is 5.92 Å². The van der Waals surface area contributed by atoms with Crippen LogP contribution in [0.5, 0.6) is 5.75 Å². The van der Waals surface area contributed by atoms with Crippen LogP contribution in [0.15, 0.2) is 36.4 Å². The molecule has 3 nitrogen and oxygen atoms in total. The summed E-state index contributed by atoms with van der Waals surface area (Å²) in [6.45, 7) is 0. The number of benzene rings is 2. The highest BCUT2D eigenvalue weighted by atomic mass is 19.4. The lowest BCUT2D eigenvalue weighted by atomic mass is 9.79. The van der Waals surface area contributed by atoms with Gasteiger partial charge in [-0.2, -0.15) is 30.7 Å². The molecule has 0 radical (unpaired) electrons. The first-order valence-corrected chi connectivity index (χ1v) is 7.19. The fraction of sp³-hybridized carbons (Fsp3) is 0.176. The van der Waals surface area contributed by atoms with Crippen LogP contribution in [0.3, 0.4) is 0 Å². The summed E-state index contributed by atoms with van der Waals surface area (Å²) in [6.07, 6.45) is -6.62. The zero-order chi connectivity index (χ0) is 20.4. The van der Waals surface area contributed by atoms with Gasteiger partial charge in [0.2, 0.25) is 0 Å². The van der Waals surface area contributed by atoms with E-state index in [1.165, 1.54) is 12.1 Å². The van der Waals surface area contributed by atoms with Gasteiger partial charge in [0.05, 0.1) is 5.56 Å².